The van der Waals surface area contributed by atoms with Crippen LogP contribution in [0.2, 0.25) is 10.0 Å². The van der Waals surface area contributed by atoms with Gasteiger partial charge in [-0.25, -0.2) is 0 Å². The van der Waals surface area contributed by atoms with Gasteiger partial charge >= 0.3 is 5.97 Å². The largest absolute Gasteiger partial charge is 0.481 e. The first kappa shape index (κ1) is 20.9. The van der Waals surface area contributed by atoms with Crippen molar-refractivity contribution in [1.82, 2.24) is 4.90 Å². The summed E-state index contributed by atoms with van der Waals surface area (Å²) in [5.74, 6) is -1.09. The first-order valence-corrected chi connectivity index (χ1v) is 10.4. The Labute approximate surface area is 182 Å². The Kier molecular flexibility index (Phi) is 6.78. The first-order valence-electron chi connectivity index (χ1n) is 8.38. The molecule has 2 aromatic rings. The summed E-state index contributed by atoms with van der Waals surface area (Å²) in [6.07, 6.45) is 2.13. The van der Waals surface area contributed by atoms with Gasteiger partial charge < -0.3 is 5.11 Å². The molecule has 0 spiro atoms. The molecule has 144 valence electrons. The molecule has 0 saturated carbocycles. The summed E-state index contributed by atoms with van der Waals surface area (Å²) < 4.78 is 0.440. The van der Waals surface area contributed by atoms with Crippen LogP contribution < -0.4 is 0 Å². The highest BCUT2D eigenvalue weighted by Gasteiger charge is 2.31. The van der Waals surface area contributed by atoms with Gasteiger partial charge in [0.2, 0.25) is 0 Å². The third-order valence-electron chi connectivity index (χ3n) is 4.07. The number of hydrogen-bond acceptors (Lipinski definition) is 4. The van der Waals surface area contributed by atoms with E-state index in [1.807, 2.05) is 24.3 Å². The summed E-state index contributed by atoms with van der Waals surface area (Å²) in [5, 5.41) is 9.93. The smallest absolute Gasteiger partial charge is 0.303 e. The van der Waals surface area contributed by atoms with E-state index in [1.54, 1.807) is 24.3 Å². The summed E-state index contributed by atoms with van der Waals surface area (Å²) in [6, 6.07) is 12.9. The van der Waals surface area contributed by atoms with Crippen LogP contribution in [0, 0.1) is 0 Å². The third kappa shape index (κ3) is 4.94. The number of carbonyl (C=O) groups excluding carboxylic acids is 1. The van der Waals surface area contributed by atoms with Crippen molar-refractivity contribution >= 4 is 69.5 Å². The molecule has 0 unspecified atom stereocenters. The Morgan fingerprint density at radius 1 is 1.21 bits per heavy atom. The zero-order valence-corrected chi connectivity index (χ0v) is 17.7. The zero-order valence-electron chi connectivity index (χ0n) is 14.5. The van der Waals surface area contributed by atoms with Gasteiger partial charge in [-0.15, -0.1) is 0 Å². The highest BCUT2D eigenvalue weighted by Crippen LogP contribution is 2.34. The molecule has 1 N–H and O–H groups in total. The van der Waals surface area contributed by atoms with Gasteiger partial charge in [0.05, 0.1) is 4.91 Å². The second-order valence-corrected chi connectivity index (χ2v) is 8.60. The van der Waals surface area contributed by atoms with Crippen LogP contribution >= 0.6 is 47.2 Å². The minimum absolute atomic E-state index is 0.00144. The van der Waals surface area contributed by atoms with Gasteiger partial charge in [-0.05, 0) is 47.9 Å². The van der Waals surface area contributed by atoms with Gasteiger partial charge in [-0.1, -0.05) is 65.4 Å². The predicted molar refractivity (Wildman–Crippen MR) is 119 cm³/mol. The van der Waals surface area contributed by atoms with Crippen molar-refractivity contribution < 1.29 is 14.7 Å². The van der Waals surface area contributed by atoms with Crippen LogP contribution in [0.5, 0.6) is 0 Å². The maximum Gasteiger partial charge on any atom is 0.303 e. The molecule has 0 radical (unpaired) electrons. The van der Waals surface area contributed by atoms with Crippen molar-refractivity contribution in [3.05, 3.63) is 63.0 Å². The fourth-order valence-corrected chi connectivity index (χ4v) is 4.45. The van der Waals surface area contributed by atoms with E-state index in [1.165, 1.54) is 16.7 Å². The molecule has 1 amide bonds. The van der Waals surface area contributed by atoms with Crippen molar-refractivity contribution in [3.63, 3.8) is 0 Å². The number of halogens is 2. The van der Waals surface area contributed by atoms with Gasteiger partial charge in [0.1, 0.15) is 4.32 Å². The summed E-state index contributed by atoms with van der Waals surface area (Å²) in [7, 11) is 0. The number of carbonyl (C=O) groups is 2. The average molecular weight is 452 g/mol. The number of benzene rings is 2. The van der Waals surface area contributed by atoms with Crippen molar-refractivity contribution in [3.8, 4) is 11.1 Å². The third-order valence-corrected chi connectivity index (χ3v) is 6.01. The molecular formula is C20H15Cl2NO3S2. The molecule has 0 aliphatic carbocycles. The Balaban J connectivity index is 1.82. The normalized spacial score (nSPS) is 15.5. The van der Waals surface area contributed by atoms with Crippen LogP contribution in [0.4, 0.5) is 0 Å². The lowest BCUT2D eigenvalue weighted by molar-refractivity contribution is -0.137. The summed E-state index contributed by atoms with van der Waals surface area (Å²) >= 11 is 18.9. The van der Waals surface area contributed by atoms with Crippen LogP contribution in [0.25, 0.3) is 17.2 Å². The molecule has 1 aliphatic heterocycles. The number of rotatable bonds is 6. The number of hydrogen-bond donors (Lipinski definition) is 1. The molecule has 0 atom stereocenters. The SMILES string of the molecule is O=C(O)CCCN1C(=O)/C(=C/c2cccc(-c3cc(Cl)ccc3Cl)c2)SC1=S. The lowest BCUT2D eigenvalue weighted by atomic mass is 10.0. The fraction of sp³-hybridized carbons (Fsp3) is 0.150. The Bertz CT molecular complexity index is 991. The van der Waals surface area contributed by atoms with Crippen molar-refractivity contribution in [1.29, 1.82) is 0 Å². The summed E-state index contributed by atoms with van der Waals surface area (Å²) in [4.78, 5) is 25.2. The molecular weight excluding hydrogens is 437 g/mol. The summed E-state index contributed by atoms with van der Waals surface area (Å²) in [5.41, 5.74) is 2.53. The molecule has 1 fully saturated rings. The molecule has 2 aromatic carbocycles. The van der Waals surface area contributed by atoms with E-state index in [9.17, 15) is 9.59 Å². The lowest BCUT2D eigenvalue weighted by Gasteiger charge is -2.13. The van der Waals surface area contributed by atoms with Crippen LogP contribution in [0.3, 0.4) is 0 Å². The quantitative estimate of drug-likeness (QED) is 0.448. The number of thioether (sulfide) groups is 1. The fourth-order valence-electron chi connectivity index (χ4n) is 2.75. The van der Waals surface area contributed by atoms with Gasteiger partial charge in [0.25, 0.3) is 5.91 Å². The maximum atomic E-state index is 12.6. The van der Waals surface area contributed by atoms with E-state index in [2.05, 4.69) is 0 Å². The van der Waals surface area contributed by atoms with Crippen LogP contribution in [-0.4, -0.2) is 32.7 Å². The van der Waals surface area contributed by atoms with Crippen molar-refractivity contribution in [2.24, 2.45) is 0 Å². The molecule has 0 bridgehead atoms. The molecule has 1 saturated heterocycles. The molecule has 8 heteroatoms. The van der Waals surface area contributed by atoms with Crippen molar-refractivity contribution in [2.45, 2.75) is 12.8 Å². The van der Waals surface area contributed by atoms with E-state index < -0.39 is 5.97 Å². The summed E-state index contributed by atoms with van der Waals surface area (Å²) in [6.45, 7) is 0.298. The number of aliphatic carboxylic acids is 1. The van der Waals surface area contributed by atoms with E-state index in [4.69, 9.17) is 40.5 Å². The van der Waals surface area contributed by atoms with Crippen LogP contribution in [-0.2, 0) is 9.59 Å². The highest BCUT2D eigenvalue weighted by molar-refractivity contribution is 8.26. The zero-order chi connectivity index (χ0) is 20.3. The van der Waals surface area contributed by atoms with Gasteiger partial charge in [-0.2, -0.15) is 0 Å². The number of thiocarbonyl (C=S) groups is 1. The first-order chi connectivity index (χ1) is 13.3. The van der Waals surface area contributed by atoms with Crippen LogP contribution in [0.1, 0.15) is 18.4 Å². The number of carboxylic acids is 1. The lowest BCUT2D eigenvalue weighted by Crippen LogP contribution is -2.29. The minimum Gasteiger partial charge on any atom is -0.481 e. The van der Waals surface area contributed by atoms with E-state index in [0.29, 0.717) is 32.2 Å². The van der Waals surface area contributed by atoms with Gasteiger partial charge in [-0.3, -0.25) is 14.5 Å². The van der Waals surface area contributed by atoms with E-state index >= 15 is 0 Å². The van der Waals surface area contributed by atoms with Crippen LogP contribution in [0.15, 0.2) is 47.4 Å². The van der Waals surface area contributed by atoms with Crippen molar-refractivity contribution in [2.75, 3.05) is 6.54 Å². The molecule has 4 nitrogen and oxygen atoms in total. The average Bonchev–Trinajstić information content (AvgIpc) is 2.91. The minimum atomic E-state index is -0.891. The standard InChI is InChI=1S/C20H15Cl2NO3S2/c21-14-6-7-16(22)15(11-14)13-4-1-3-12(9-13)10-17-19(26)23(20(27)28-17)8-2-5-18(24)25/h1,3-4,6-7,9-11H,2,5,8H2,(H,24,25)/b17-10-. The van der Waals surface area contributed by atoms with Gasteiger partial charge in [0, 0.05) is 28.6 Å². The number of carboxylic acid groups (broad SMARTS) is 1. The van der Waals surface area contributed by atoms with Gasteiger partial charge in [0.15, 0.2) is 0 Å². The Morgan fingerprint density at radius 3 is 2.75 bits per heavy atom. The highest BCUT2D eigenvalue weighted by atomic mass is 35.5. The monoisotopic (exact) mass is 451 g/mol. The topological polar surface area (TPSA) is 57.6 Å². The van der Waals surface area contributed by atoms with E-state index in [-0.39, 0.29) is 12.3 Å². The second kappa shape index (κ2) is 9.09. The molecule has 3 rings (SSSR count). The number of nitrogens with zero attached hydrogens (tertiary/aromatic N) is 1. The Morgan fingerprint density at radius 2 is 2.00 bits per heavy atom. The Hall–Kier alpha value is -1.86. The number of amides is 1. The predicted octanol–water partition coefficient (Wildman–Crippen LogP) is 5.73. The van der Waals surface area contributed by atoms with E-state index in [0.717, 1.165) is 16.7 Å². The molecule has 0 aromatic heterocycles. The maximum absolute atomic E-state index is 12.6. The molecule has 1 heterocycles. The second-order valence-electron chi connectivity index (χ2n) is 6.08. The molecule has 1 aliphatic rings. The molecule has 28 heavy (non-hydrogen) atoms.